The first kappa shape index (κ1) is 25.4. The Morgan fingerprint density at radius 1 is 1.03 bits per heavy atom. The molecule has 8 heteroatoms. The molecule has 0 bridgehead atoms. The van der Waals surface area contributed by atoms with Gasteiger partial charge in [-0.05, 0) is 61.0 Å². The number of benzene rings is 2. The molecule has 0 saturated heterocycles. The summed E-state index contributed by atoms with van der Waals surface area (Å²) in [5.41, 5.74) is 1.95. The smallest absolute Gasteiger partial charge is 0.191 e. The van der Waals surface area contributed by atoms with Crippen LogP contribution >= 0.6 is 24.0 Å². The topological polar surface area (TPSA) is 67.8 Å². The third-order valence-electron chi connectivity index (χ3n) is 4.40. The summed E-state index contributed by atoms with van der Waals surface area (Å²) in [6, 6.07) is 19.6. The number of guanidine groups is 1. The molecule has 0 radical (unpaired) electrons. The van der Waals surface area contributed by atoms with Gasteiger partial charge in [0.2, 0.25) is 0 Å². The number of aromatic nitrogens is 1. The molecule has 170 valence electrons. The van der Waals surface area contributed by atoms with Crippen molar-refractivity contribution in [3.05, 3.63) is 90.0 Å². The van der Waals surface area contributed by atoms with Gasteiger partial charge in [-0.1, -0.05) is 18.2 Å². The van der Waals surface area contributed by atoms with Crippen LogP contribution in [0.1, 0.15) is 18.2 Å². The lowest BCUT2D eigenvalue weighted by Crippen LogP contribution is -2.41. The number of ether oxygens (including phenoxy) is 2. The lowest BCUT2D eigenvalue weighted by molar-refractivity contribution is 0.223. The summed E-state index contributed by atoms with van der Waals surface area (Å²) in [5.74, 6) is 1.79. The SMILES string of the molecule is CN=C(NCc1cccc(OCc2ccccn2)c1)NCC(C)Oc1ccc(F)cc1.I. The molecular weight excluding hydrogens is 522 g/mol. The maximum atomic E-state index is 13.0. The van der Waals surface area contributed by atoms with Gasteiger partial charge in [-0.15, -0.1) is 24.0 Å². The van der Waals surface area contributed by atoms with Crippen LogP contribution in [0.4, 0.5) is 4.39 Å². The third-order valence-corrected chi connectivity index (χ3v) is 4.40. The van der Waals surface area contributed by atoms with Crippen molar-refractivity contribution in [2.24, 2.45) is 4.99 Å². The van der Waals surface area contributed by atoms with Gasteiger partial charge in [0.25, 0.3) is 0 Å². The van der Waals surface area contributed by atoms with Gasteiger partial charge in [0.1, 0.15) is 30.0 Å². The quantitative estimate of drug-likeness (QED) is 0.233. The third kappa shape index (κ3) is 8.70. The van der Waals surface area contributed by atoms with Gasteiger partial charge in [0.15, 0.2) is 5.96 Å². The Morgan fingerprint density at radius 2 is 1.84 bits per heavy atom. The zero-order valence-electron chi connectivity index (χ0n) is 18.1. The van der Waals surface area contributed by atoms with Crippen LogP contribution in [0, 0.1) is 5.82 Å². The molecule has 2 N–H and O–H groups in total. The van der Waals surface area contributed by atoms with Gasteiger partial charge in [-0.2, -0.15) is 0 Å². The molecular formula is C24H28FIN4O2. The number of nitrogens with zero attached hydrogens (tertiary/aromatic N) is 2. The average molecular weight is 550 g/mol. The van der Waals surface area contributed by atoms with Crippen LogP contribution < -0.4 is 20.1 Å². The van der Waals surface area contributed by atoms with E-state index >= 15 is 0 Å². The Labute approximate surface area is 205 Å². The summed E-state index contributed by atoms with van der Waals surface area (Å²) in [7, 11) is 1.72. The van der Waals surface area contributed by atoms with Gasteiger partial charge in [0, 0.05) is 19.8 Å². The summed E-state index contributed by atoms with van der Waals surface area (Å²) in [4.78, 5) is 8.51. The van der Waals surface area contributed by atoms with Crippen molar-refractivity contribution in [2.45, 2.75) is 26.2 Å². The van der Waals surface area contributed by atoms with Crippen LogP contribution in [0.2, 0.25) is 0 Å². The molecule has 3 rings (SSSR count). The highest BCUT2D eigenvalue weighted by Gasteiger charge is 2.07. The van der Waals surface area contributed by atoms with E-state index in [1.54, 1.807) is 25.4 Å². The largest absolute Gasteiger partial charge is 0.489 e. The van der Waals surface area contributed by atoms with E-state index in [1.807, 2.05) is 49.4 Å². The van der Waals surface area contributed by atoms with Crippen molar-refractivity contribution in [2.75, 3.05) is 13.6 Å². The van der Waals surface area contributed by atoms with Crippen LogP contribution in [-0.4, -0.2) is 30.6 Å². The number of nitrogens with one attached hydrogen (secondary N) is 2. The molecule has 6 nitrogen and oxygen atoms in total. The Morgan fingerprint density at radius 3 is 2.56 bits per heavy atom. The number of halogens is 2. The summed E-state index contributed by atoms with van der Waals surface area (Å²) in [5, 5.41) is 6.51. The number of hydrogen-bond acceptors (Lipinski definition) is 4. The van der Waals surface area contributed by atoms with Crippen LogP contribution in [0.25, 0.3) is 0 Å². The van der Waals surface area contributed by atoms with E-state index < -0.39 is 0 Å². The summed E-state index contributed by atoms with van der Waals surface area (Å²) in [6.07, 6.45) is 1.63. The summed E-state index contributed by atoms with van der Waals surface area (Å²) >= 11 is 0. The lowest BCUT2D eigenvalue weighted by atomic mass is 10.2. The molecule has 0 saturated carbocycles. The summed E-state index contributed by atoms with van der Waals surface area (Å²) < 4.78 is 24.6. The van der Waals surface area contributed by atoms with Crippen molar-refractivity contribution < 1.29 is 13.9 Å². The van der Waals surface area contributed by atoms with Gasteiger partial charge in [-0.3, -0.25) is 9.98 Å². The van der Waals surface area contributed by atoms with Gasteiger partial charge in [0.05, 0.1) is 12.2 Å². The second-order valence-corrected chi connectivity index (χ2v) is 6.95. The maximum absolute atomic E-state index is 13.0. The van der Waals surface area contributed by atoms with Gasteiger partial charge >= 0.3 is 0 Å². The standard InChI is InChI=1S/C24H27FN4O2.HI/c1-18(31-22-11-9-20(25)10-12-22)15-28-24(26-2)29-16-19-6-5-8-23(14-19)30-17-21-7-3-4-13-27-21;/h3-14,18H,15-17H2,1-2H3,(H2,26,28,29);1H. The van der Waals surface area contributed by atoms with E-state index in [2.05, 4.69) is 20.6 Å². The van der Waals surface area contributed by atoms with Crippen LogP contribution in [0.15, 0.2) is 77.9 Å². The van der Waals surface area contributed by atoms with E-state index in [-0.39, 0.29) is 35.9 Å². The van der Waals surface area contributed by atoms with Gasteiger partial charge < -0.3 is 20.1 Å². The molecule has 0 fully saturated rings. The maximum Gasteiger partial charge on any atom is 0.191 e. The minimum Gasteiger partial charge on any atom is -0.489 e. The fourth-order valence-electron chi connectivity index (χ4n) is 2.82. The molecule has 2 aromatic carbocycles. The van der Waals surface area contributed by atoms with Crippen molar-refractivity contribution >= 4 is 29.9 Å². The molecule has 32 heavy (non-hydrogen) atoms. The van der Waals surface area contributed by atoms with Crippen molar-refractivity contribution in [1.82, 2.24) is 15.6 Å². The second kappa shape index (κ2) is 13.5. The minimum absolute atomic E-state index is 0. The van der Waals surface area contributed by atoms with Crippen LogP contribution in [-0.2, 0) is 13.2 Å². The molecule has 1 unspecified atom stereocenters. The molecule has 0 spiro atoms. The first-order chi connectivity index (χ1) is 15.1. The van der Waals surface area contributed by atoms with Crippen LogP contribution in [0.5, 0.6) is 11.5 Å². The number of pyridine rings is 1. The average Bonchev–Trinajstić information content (AvgIpc) is 2.80. The van der Waals surface area contributed by atoms with Crippen molar-refractivity contribution in [3.8, 4) is 11.5 Å². The second-order valence-electron chi connectivity index (χ2n) is 6.95. The predicted molar refractivity (Wildman–Crippen MR) is 135 cm³/mol. The highest BCUT2D eigenvalue weighted by atomic mass is 127. The van der Waals surface area contributed by atoms with E-state index in [1.165, 1.54) is 12.1 Å². The fourth-order valence-corrected chi connectivity index (χ4v) is 2.82. The van der Waals surface area contributed by atoms with E-state index in [0.717, 1.165) is 17.0 Å². The molecule has 0 amide bonds. The van der Waals surface area contributed by atoms with Crippen LogP contribution in [0.3, 0.4) is 0 Å². The molecule has 1 aromatic heterocycles. The molecule has 0 aliphatic heterocycles. The normalized spacial score (nSPS) is 11.8. The Bertz CT molecular complexity index is 971. The highest BCUT2D eigenvalue weighted by molar-refractivity contribution is 14.0. The van der Waals surface area contributed by atoms with E-state index in [0.29, 0.717) is 31.4 Å². The Hall–Kier alpha value is -2.88. The Balaban J connectivity index is 0.00000363. The minimum atomic E-state index is -0.283. The molecule has 1 atom stereocenters. The van der Waals surface area contributed by atoms with E-state index in [4.69, 9.17) is 9.47 Å². The highest BCUT2D eigenvalue weighted by Crippen LogP contribution is 2.15. The molecule has 0 aliphatic carbocycles. The monoisotopic (exact) mass is 550 g/mol. The fraction of sp³-hybridized carbons (Fsp3) is 0.250. The van der Waals surface area contributed by atoms with Crippen molar-refractivity contribution in [3.63, 3.8) is 0 Å². The number of hydrogen-bond donors (Lipinski definition) is 2. The molecule has 3 aromatic rings. The number of aliphatic imine (C=N–C) groups is 1. The molecule has 0 aliphatic rings. The van der Waals surface area contributed by atoms with E-state index in [9.17, 15) is 4.39 Å². The summed E-state index contributed by atoms with van der Waals surface area (Å²) in [6.45, 7) is 3.50. The zero-order valence-corrected chi connectivity index (χ0v) is 20.5. The predicted octanol–water partition coefficient (Wildman–Crippen LogP) is 4.55. The van der Waals surface area contributed by atoms with Gasteiger partial charge in [-0.25, -0.2) is 4.39 Å². The zero-order chi connectivity index (χ0) is 21.9. The number of rotatable bonds is 9. The van der Waals surface area contributed by atoms with Crippen molar-refractivity contribution in [1.29, 1.82) is 0 Å². The lowest BCUT2D eigenvalue weighted by Gasteiger charge is -2.18. The Kier molecular flexibility index (Phi) is 10.7. The first-order valence-corrected chi connectivity index (χ1v) is 10.1. The first-order valence-electron chi connectivity index (χ1n) is 10.1. The molecule has 1 heterocycles.